The number of halogens is 1. The minimum absolute atomic E-state index is 0.0620. The Balaban J connectivity index is 2.25. The first kappa shape index (κ1) is 13.9. The van der Waals surface area contributed by atoms with Gasteiger partial charge < -0.3 is 4.57 Å². The number of nitrogens with zero attached hydrogens (tertiary/aromatic N) is 3. The van der Waals surface area contributed by atoms with Gasteiger partial charge in [-0.15, -0.1) is 0 Å². The summed E-state index contributed by atoms with van der Waals surface area (Å²) in [5, 5.41) is 4.80. The third kappa shape index (κ3) is 2.59. The van der Waals surface area contributed by atoms with Crippen molar-refractivity contribution in [3.8, 4) is 0 Å². The molecule has 0 spiro atoms. The molecule has 102 valence electrons. The maximum atomic E-state index is 12.3. The van der Waals surface area contributed by atoms with Crippen molar-refractivity contribution in [1.29, 1.82) is 0 Å². The number of hydrogen-bond acceptors (Lipinski definition) is 2. The van der Waals surface area contributed by atoms with E-state index < -0.39 is 0 Å². The van der Waals surface area contributed by atoms with E-state index in [1.165, 1.54) is 0 Å². The first-order chi connectivity index (χ1) is 8.93. The normalized spacial score (nSPS) is 11.0. The molecule has 2 aromatic heterocycles. The topological polar surface area (TPSA) is 39.8 Å². The van der Waals surface area contributed by atoms with Crippen LogP contribution in [0.15, 0.2) is 12.3 Å². The van der Waals surface area contributed by atoms with Gasteiger partial charge in [0.25, 0.3) is 0 Å². The summed E-state index contributed by atoms with van der Waals surface area (Å²) in [4.78, 5) is 12.3. The van der Waals surface area contributed by atoms with Gasteiger partial charge in [0.05, 0.1) is 10.7 Å². The van der Waals surface area contributed by atoms with Crippen LogP contribution in [0.3, 0.4) is 0 Å². The van der Waals surface area contributed by atoms with Gasteiger partial charge in [0.2, 0.25) is 0 Å². The lowest BCUT2D eigenvalue weighted by molar-refractivity contribution is 0.0967. The van der Waals surface area contributed by atoms with Crippen molar-refractivity contribution in [2.75, 3.05) is 0 Å². The van der Waals surface area contributed by atoms with Gasteiger partial charge in [-0.25, -0.2) is 0 Å². The van der Waals surface area contributed by atoms with Crippen molar-refractivity contribution in [1.82, 2.24) is 14.3 Å². The van der Waals surface area contributed by atoms with Gasteiger partial charge in [-0.1, -0.05) is 11.6 Å². The molecule has 0 bridgehead atoms. The summed E-state index contributed by atoms with van der Waals surface area (Å²) in [6.07, 6.45) is 1.69. The quantitative estimate of drug-likeness (QED) is 0.807. The lowest BCUT2D eigenvalue weighted by Gasteiger charge is -2.05. The summed E-state index contributed by atoms with van der Waals surface area (Å²) >= 11 is 5.94. The number of rotatable bonds is 4. The third-order valence-corrected chi connectivity index (χ3v) is 3.75. The SMILES string of the molecule is CCn1c(C)cc(C(=O)Cn2cc(Cl)c(C)n2)c1C. The summed E-state index contributed by atoms with van der Waals surface area (Å²) < 4.78 is 3.73. The van der Waals surface area contributed by atoms with E-state index in [4.69, 9.17) is 11.6 Å². The van der Waals surface area contributed by atoms with E-state index in [2.05, 4.69) is 16.6 Å². The molecule has 0 aromatic carbocycles. The molecule has 4 nitrogen and oxygen atoms in total. The Kier molecular flexibility index (Phi) is 3.80. The Bertz CT molecular complexity index is 605. The number of carbonyl (C=O) groups excluding carboxylic acids is 1. The van der Waals surface area contributed by atoms with Crippen molar-refractivity contribution in [3.63, 3.8) is 0 Å². The number of ketones is 1. The minimum atomic E-state index is 0.0620. The molecule has 0 radical (unpaired) electrons. The molecule has 0 amide bonds. The molecule has 0 aliphatic carbocycles. The predicted molar refractivity (Wildman–Crippen MR) is 75.9 cm³/mol. The van der Waals surface area contributed by atoms with E-state index in [0.29, 0.717) is 5.02 Å². The van der Waals surface area contributed by atoms with Crippen molar-refractivity contribution in [2.24, 2.45) is 0 Å². The Morgan fingerprint density at radius 3 is 2.53 bits per heavy atom. The first-order valence-corrected chi connectivity index (χ1v) is 6.71. The average molecular weight is 280 g/mol. The third-order valence-electron chi connectivity index (χ3n) is 3.38. The highest BCUT2D eigenvalue weighted by Gasteiger charge is 2.16. The summed E-state index contributed by atoms with van der Waals surface area (Å²) in [6, 6.07) is 1.94. The number of Topliss-reactive ketones (excluding diaryl/α,β-unsaturated/α-hetero) is 1. The van der Waals surface area contributed by atoms with Crippen LogP contribution in [0.5, 0.6) is 0 Å². The van der Waals surface area contributed by atoms with Crippen molar-refractivity contribution in [3.05, 3.63) is 39.9 Å². The van der Waals surface area contributed by atoms with Crippen LogP contribution in [0.1, 0.15) is 34.4 Å². The van der Waals surface area contributed by atoms with E-state index in [1.807, 2.05) is 26.8 Å². The van der Waals surface area contributed by atoms with E-state index in [-0.39, 0.29) is 12.3 Å². The van der Waals surface area contributed by atoms with Crippen LogP contribution in [0.25, 0.3) is 0 Å². The zero-order valence-electron chi connectivity index (χ0n) is 11.7. The van der Waals surface area contributed by atoms with Crippen LogP contribution in [0.4, 0.5) is 0 Å². The van der Waals surface area contributed by atoms with Gasteiger partial charge in [-0.2, -0.15) is 5.10 Å². The maximum absolute atomic E-state index is 12.3. The van der Waals surface area contributed by atoms with Crippen molar-refractivity contribution in [2.45, 2.75) is 40.8 Å². The molecule has 19 heavy (non-hydrogen) atoms. The molecule has 0 aliphatic rings. The fraction of sp³-hybridized carbons (Fsp3) is 0.429. The Morgan fingerprint density at radius 1 is 1.37 bits per heavy atom. The van der Waals surface area contributed by atoms with Gasteiger partial charge >= 0.3 is 0 Å². The first-order valence-electron chi connectivity index (χ1n) is 6.33. The van der Waals surface area contributed by atoms with Crippen LogP contribution in [0.2, 0.25) is 5.02 Å². The van der Waals surface area contributed by atoms with Crippen LogP contribution >= 0.6 is 11.6 Å². The lowest BCUT2D eigenvalue weighted by Crippen LogP contribution is -2.12. The molecule has 0 N–H and O–H groups in total. The zero-order valence-corrected chi connectivity index (χ0v) is 12.5. The highest BCUT2D eigenvalue weighted by Crippen LogP contribution is 2.17. The van der Waals surface area contributed by atoms with E-state index in [0.717, 1.165) is 29.2 Å². The molecule has 5 heteroatoms. The predicted octanol–water partition coefficient (Wildman–Crippen LogP) is 3.17. The molecule has 0 aliphatic heterocycles. The smallest absolute Gasteiger partial charge is 0.186 e. The number of aryl methyl sites for hydroxylation is 2. The van der Waals surface area contributed by atoms with Gasteiger partial charge in [-0.05, 0) is 33.8 Å². The highest BCUT2D eigenvalue weighted by molar-refractivity contribution is 6.31. The highest BCUT2D eigenvalue weighted by atomic mass is 35.5. The van der Waals surface area contributed by atoms with Crippen molar-refractivity contribution >= 4 is 17.4 Å². The fourth-order valence-electron chi connectivity index (χ4n) is 2.38. The van der Waals surface area contributed by atoms with E-state index in [9.17, 15) is 4.79 Å². The number of hydrogen-bond donors (Lipinski definition) is 0. The molecule has 2 rings (SSSR count). The summed E-state index contributed by atoms with van der Waals surface area (Å²) in [6.45, 7) is 8.99. The summed E-state index contributed by atoms with van der Waals surface area (Å²) in [5.74, 6) is 0.0620. The van der Waals surface area contributed by atoms with Crippen LogP contribution in [-0.4, -0.2) is 20.1 Å². The summed E-state index contributed by atoms with van der Waals surface area (Å²) in [7, 11) is 0. The van der Waals surface area contributed by atoms with Crippen LogP contribution in [-0.2, 0) is 13.1 Å². The fourth-order valence-corrected chi connectivity index (χ4v) is 2.53. The number of aromatic nitrogens is 3. The Morgan fingerprint density at radius 2 is 2.05 bits per heavy atom. The minimum Gasteiger partial charge on any atom is -0.349 e. The lowest BCUT2D eigenvalue weighted by atomic mass is 10.1. The molecule has 0 saturated carbocycles. The van der Waals surface area contributed by atoms with Crippen LogP contribution < -0.4 is 0 Å². The molecule has 0 atom stereocenters. The molecular formula is C14H18ClN3O. The Labute approximate surface area is 118 Å². The molecule has 0 unspecified atom stereocenters. The molecular weight excluding hydrogens is 262 g/mol. The number of carbonyl (C=O) groups is 1. The molecule has 0 fully saturated rings. The largest absolute Gasteiger partial charge is 0.349 e. The van der Waals surface area contributed by atoms with E-state index in [1.54, 1.807) is 10.9 Å². The molecule has 0 saturated heterocycles. The van der Waals surface area contributed by atoms with Crippen molar-refractivity contribution < 1.29 is 4.79 Å². The van der Waals surface area contributed by atoms with Gasteiger partial charge in [0.1, 0.15) is 6.54 Å². The van der Waals surface area contributed by atoms with E-state index >= 15 is 0 Å². The maximum Gasteiger partial charge on any atom is 0.186 e. The van der Waals surface area contributed by atoms with Gasteiger partial charge in [0, 0.05) is 29.7 Å². The van der Waals surface area contributed by atoms with Gasteiger partial charge in [0.15, 0.2) is 5.78 Å². The average Bonchev–Trinajstić information content (AvgIpc) is 2.80. The second-order valence-corrected chi connectivity index (χ2v) is 5.12. The standard InChI is InChI=1S/C14H18ClN3O/c1-5-18-9(2)6-12(11(18)4)14(19)8-17-7-13(15)10(3)16-17/h6-7H,5,8H2,1-4H3. The Hall–Kier alpha value is -1.55. The van der Waals surface area contributed by atoms with Gasteiger partial charge in [-0.3, -0.25) is 9.48 Å². The molecule has 2 heterocycles. The molecule has 2 aromatic rings. The second kappa shape index (κ2) is 5.21. The zero-order chi connectivity index (χ0) is 14.2. The summed E-state index contributed by atoms with van der Waals surface area (Å²) in [5.41, 5.74) is 3.63. The monoisotopic (exact) mass is 279 g/mol. The van der Waals surface area contributed by atoms with Crippen LogP contribution in [0, 0.1) is 20.8 Å². The second-order valence-electron chi connectivity index (χ2n) is 4.71.